The number of halogens is 2. The SMILES string of the molecule is O=C(O)COc1cc(Cl)c(Oc2ccc3[nH]cc(C4CC4)c3c2)c(Cl)c1. The van der Waals surface area contributed by atoms with Crippen LogP contribution in [0.4, 0.5) is 0 Å². The minimum atomic E-state index is -1.08. The molecule has 0 aliphatic heterocycles. The molecule has 1 heterocycles. The van der Waals surface area contributed by atoms with Crippen molar-refractivity contribution in [1.82, 2.24) is 4.98 Å². The number of aromatic amines is 1. The lowest BCUT2D eigenvalue weighted by Crippen LogP contribution is -2.09. The second-order valence-electron chi connectivity index (χ2n) is 6.23. The Morgan fingerprint density at radius 2 is 1.88 bits per heavy atom. The summed E-state index contributed by atoms with van der Waals surface area (Å²) in [5.41, 5.74) is 2.37. The average Bonchev–Trinajstić information content (AvgIpc) is 3.36. The molecule has 0 saturated heterocycles. The predicted molar refractivity (Wildman–Crippen MR) is 99.9 cm³/mol. The van der Waals surface area contributed by atoms with E-state index in [-0.39, 0.29) is 15.8 Å². The summed E-state index contributed by atoms with van der Waals surface area (Å²) in [6.07, 6.45) is 4.49. The lowest BCUT2D eigenvalue weighted by molar-refractivity contribution is -0.139. The molecule has 0 amide bonds. The largest absolute Gasteiger partial charge is 0.482 e. The van der Waals surface area contributed by atoms with Crippen LogP contribution in [-0.4, -0.2) is 22.7 Å². The molecule has 0 spiro atoms. The summed E-state index contributed by atoms with van der Waals surface area (Å²) < 4.78 is 11.0. The van der Waals surface area contributed by atoms with Crippen molar-refractivity contribution in [2.45, 2.75) is 18.8 Å². The van der Waals surface area contributed by atoms with Crippen LogP contribution in [0.1, 0.15) is 24.3 Å². The summed E-state index contributed by atoms with van der Waals surface area (Å²) in [5, 5.41) is 10.3. The van der Waals surface area contributed by atoms with Gasteiger partial charge in [-0.1, -0.05) is 23.2 Å². The van der Waals surface area contributed by atoms with E-state index in [2.05, 4.69) is 11.2 Å². The molecule has 4 rings (SSSR count). The number of carbonyl (C=O) groups is 1. The normalized spacial score (nSPS) is 13.8. The average molecular weight is 392 g/mol. The second-order valence-corrected chi connectivity index (χ2v) is 7.04. The molecule has 2 N–H and O–H groups in total. The highest BCUT2D eigenvalue weighted by atomic mass is 35.5. The standard InChI is InChI=1S/C19H15Cl2NO4/c20-15-6-12(25-9-18(23)24)7-16(21)19(15)26-11-3-4-17-13(5-11)14(8-22-17)10-1-2-10/h3-8,10,22H,1-2,9H2,(H,23,24). The van der Waals surface area contributed by atoms with Crippen LogP contribution in [-0.2, 0) is 4.79 Å². The van der Waals surface area contributed by atoms with Crippen LogP contribution in [0, 0.1) is 0 Å². The van der Waals surface area contributed by atoms with E-state index in [1.807, 2.05) is 18.2 Å². The first-order valence-electron chi connectivity index (χ1n) is 8.14. The molecule has 0 radical (unpaired) electrons. The lowest BCUT2D eigenvalue weighted by atomic mass is 10.1. The second kappa shape index (κ2) is 6.74. The van der Waals surface area contributed by atoms with Gasteiger partial charge in [-0.2, -0.15) is 0 Å². The van der Waals surface area contributed by atoms with Gasteiger partial charge in [-0.25, -0.2) is 4.79 Å². The third-order valence-electron chi connectivity index (χ3n) is 4.26. The van der Waals surface area contributed by atoms with E-state index in [0.717, 1.165) is 10.9 Å². The highest BCUT2D eigenvalue weighted by molar-refractivity contribution is 6.37. The van der Waals surface area contributed by atoms with Gasteiger partial charge in [-0.3, -0.25) is 0 Å². The van der Waals surface area contributed by atoms with Crippen molar-refractivity contribution in [1.29, 1.82) is 0 Å². The van der Waals surface area contributed by atoms with Crippen molar-refractivity contribution in [2.24, 2.45) is 0 Å². The molecule has 2 aromatic carbocycles. The van der Waals surface area contributed by atoms with Gasteiger partial charge in [0.1, 0.15) is 11.5 Å². The van der Waals surface area contributed by atoms with E-state index < -0.39 is 12.6 Å². The molecular weight excluding hydrogens is 377 g/mol. The van der Waals surface area contributed by atoms with Gasteiger partial charge in [0.2, 0.25) is 0 Å². The van der Waals surface area contributed by atoms with Gasteiger partial charge in [0.25, 0.3) is 0 Å². The van der Waals surface area contributed by atoms with Gasteiger partial charge in [-0.05, 0) is 42.5 Å². The number of ether oxygens (including phenoxy) is 2. The first kappa shape index (κ1) is 17.1. The number of aromatic nitrogens is 1. The monoisotopic (exact) mass is 391 g/mol. The quantitative estimate of drug-likeness (QED) is 0.572. The molecule has 26 heavy (non-hydrogen) atoms. The molecule has 7 heteroatoms. The number of hydrogen-bond acceptors (Lipinski definition) is 3. The van der Waals surface area contributed by atoms with E-state index in [9.17, 15) is 4.79 Å². The fourth-order valence-corrected chi connectivity index (χ4v) is 3.44. The van der Waals surface area contributed by atoms with Gasteiger partial charge in [0, 0.05) is 29.2 Å². The zero-order chi connectivity index (χ0) is 18.3. The predicted octanol–water partition coefficient (Wildman–Crippen LogP) is 5.61. The smallest absolute Gasteiger partial charge is 0.341 e. The number of carboxylic acids is 1. The summed E-state index contributed by atoms with van der Waals surface area (Å²) >= 11 is 12.5. The van der Waals surface area contributed by atoms with E-state index in [1.54, 1.807) is 0 Å². The third kappa shape index (κ3) is 3.45. The van der Waals surface area contributed by atoms with Crippen LogP contribution in [0.15, 0.2) is 36.5 Å². The number of nitrogens with one attached hydrogen (secondary N) is 1. The van der Waals surface area contributed by atoms with Gasteiger partial charge in [-0.15, -0.1) is 0 Å². The molecule has 1 saturated carbocycles. The topological polar surface area (TPSA) is 71.6 Å². The summed E-state index contributed by atoms with van der Waals surface area (Å²) in [7, 11) is 0. The first-order valence-corrected chi connectivity index (χ1v) is 8.89. The van der Waals surface area contributed by atoms with Crippen molar-refractivity contribution in [3.05, 3.63) is 52.1 Å². The van der Waals surface area contributed by atoms with Crippen molar-refractivity contribution in [3.8, 4) is 17.2 Å². The van der Waals surface area contributed by atoms with E-state index >= 15 is 0 Å². The van der Waals surface area contributed by atoms with E-state index in [0.29, 0.717) is 17.4 Å². The fraction of sp³-hybridized carbons (Fsp3) is 0.211. The van der Waals surface area contributed by atoms with Crippen LogP contribution >= 0.6 is 23.2 Å². The lowest BCUT2D eigenvalue weighted by Gasteiger charge is -2.12. The highest BCUT2D eigenvalue weighted by Crippen LogP contribution is 2.45. The Kier molecular flexibility index (Phi) is 4.42. The molecule has 1 aliphatic rings. The summed E-state index contributed by atoms with van der Waals surface area (Å²) in [6.45, 7) is -0.471. The highest BCUT2D eigenvalue weighted by Gasteiger charge is 2.26. The zero-order valence-electron chi connectivity index (χ0n) is 13.6. The molecule has 3 aromatic rings. The molecule has 5 nitrogen and oxygen atoms in total. The maximum atomic E-state index is 10.6. The molecule has 134 valence electrons. The maximum absolute atomic E-state index is 10.6. The summed E-state index contributed by atoms with van der Waals surface area (Å²) in [5.74, 6) is 0.744. The van der Waals surface area contributed by atoms with E-state index in [4.69, 9.17) is 37.8 Å². The third-order valence-corrected chi connectivity index (χ3v) is 4.82. The van der Waals surface area contributed by atoms with Gasteiger partial charge >= 0.3 is 5.97 Å². The van der Waals surface area contributed by atoms with Crippen LogP contribution in [0.5, 0.6) is 17.2 Å². The molecule has 0 bridgehead atoms. The summed E-state index contributed by atoms with van der Waals surface area (Å²) in [6, 6.07) is 8.74. The van der Waals surface area contributed by atoms with E-state index in [1.165, 1.54) is 30.5 Å². The van der Waals surface area contributed by atoms with Crippen LogP contribution in [0.25, 0.3) is 10.9 Å². The number of carboxylic acid groups (broad SMARTS) is 1. The molecule has 0 atom stereocenters. The number of hydrogen-bond donors (Lipinski definition) is 2. The van der Waals surface area contributed by atoms with Crippen molar-refractivity contribution >= 4 is 40.1 Å². The van der Waals surface area contributed by atoms with Gasteiger partial charge in [0.15, 0.2) is 12.4 Å². The Balaban J connectivity index is 1.61. The Hall–Kier alpha value is -2.37. The number of rotatable bonds is 6. The van der Waals surface area contributed by atoms with Gasteiger partial charge in [0.05, 0.1) is 10.0 Å². The molecule has 1 aromatic heterocycles. The van der Waals surface area contributed by atoms with Gasteiger partial charge < -0.3 is 19.6 Å². The van der Waals surface area contributed by atoms with Crippen LogP contribution in [0.3, 0.4) is 0 Å². The minimum absolute atomic E-state index is 0.245. The molecule has 1 fully saturated rings. The van der Waals surface area contributed by atoms with Crippen molar-refractivity contribution in [2.75, 3.05) is 6.61 Å². The fourth-order valence-electron chi connectivity index (χ4n) is 2.90. The first-order chi connectivity index (χ1) is 12.5. The number of H-pyrrole nitrogens is 1. The zero-order valence-corrected chi connectivity index (χ0v) is 15.1. The minimum Gasteiger partial charge on any atom is -0.482 e. The maximum Gasteiger partial charge on any atom is 0.341 e. The summed E-state index contributed by atoms with van der Waals surface area (Å²) in [4.78, 5) is 13.9. The number of aliphatic carboxylic acids is 1. The van der Waals surface area contributed by atoms with Crippen molar-refractivity contribution < 1.29 is 19.4 Å². The molecule has 1 aliphatic carbocycles. The Labute approximate surface area is 159 Å². The van der Waals surface area contributed by atoms with Crippen LogP contribution < -0.4 is 9.47 Å². The Morgan fingerprint density at radius 1 is 1.15 bits per heavy atom. The molecular formula is C19H15Cl2NO4. The Morgan fingerprint density at radius 3 is 2.54 bits per heavy atom. The Bertz CT molecular complexity index is 971. The molecule has 0 unspecified atom stereocenters. The number of fused-ring (bicyclic) bond motifs is 1. The number of benzene rings is 2. The van der Waals surface area contributed by atoms with Crippen LogP contribution in [0.2, 0.25) is 10.0 Å². The van der Waals surface area contributed by atoms with Crippen molar-refractivity contribution in [3.63, 3.8) is 0 Å².